The van der Waals surface area contributed by atoms with Crippen molar-refractivity contribution < 1.29 is 10.2 Å². The molecule has 1 saturated heterocycles. The molecule has 1 fully saturated rings. The van der Waals surface area contributed by atoms with Gasteiger partial charge in [-0.25, -0.2) is 9.99 Å². The molecule has 1 aliphatic rings. The highest BCUT2D eigenvalue weighted by atomic mass is 16.3. The number of hydrazine groups is 1. The lowest BCUT2D eigenvalue weighted by molar-refractivity contribution is 0.178. The van der Waals surface area contributed by atoms with Crippen LogP contribution in [0, 0.1) is 0 Å². The lowest BCUT2D eigenvalue weighted by Gasteiger charge is -2.24. The number of rotatable bonds is 6. The number of nitrogens with zero attached hydrogens (tertiary/aromatic N) is 3. The van der Waals surface area contributed by atoms with E-state index in [1.165, 1.54) is 0 Å². The van der Waals surface area contributed by atoms with Crippen molar-refractivity contribution in [2.24, 2.45) is 5.73 Å². The molecule has 5 N–H and O–H groups in total. The Morgan fingerprint density at radius 3 is 3.05 bits per heavy atom. The zero-order valence-electron chi connectivity index (χ0n) is 11.7. The average Bonchev–Trinajstić information content (AvgIpc) is 2.79. The molecule has 112 valence electrons. The molecule has 0 saturated carbocycles. The first-order valence-electron chi connectivity index (χ1n) is 6.84. The molecular formula is C13H23N5O2. The summed E-state index contributed by atoms with van der Waals surface area (Å²) in [5.41, 5.74) is 8.69. The Balaban J connectivity index is 2.04. The van der Waals surface area contributed by atoms with Crippen molar-refractivity contribution in [3.05, 3.63) is 18.2 Å². The molecule has 0 aliphatic carbocycles. The number of β-amino-alcohol motifs (C(OH)–C–C–N with tert-alkyl or cyclic N) is 1. The highest BCUT2D eigenvalue weighted by molar-refractivity contribution is 5.46. The molecule has 2 rings (SSSR count). The van der Waals surface area contributed by atoms with Gasteiger partial charge < -0.3 is 26.3 Å². The minimum absolute atomic E-state index is 0.0107. The van der Waals surface area contributed by atoms with Crippen molar-refractivity contribution >= 4 is 11.6 Å². The quantitative estimate of drug-likeness (QED) is 0.543. The largest absolute Gasteiger partial charge is 0.395 e. The normalized spacial score (nSPS) is 23.0. The third-order valence-electron chi connectivity index (χ3n) is 3.45. The van der Waals surface area contributed by atoms with E-state index in [9.17, 15) is 10.2 Å². The van der Waals surface area contributed by atoms with E-state index in [1.807, 2.05) is 35.2 Å². The number of hydrogen-bond donors (Lipinski definition) is 4. The zero-order chi connectivity index (χ0) is 14.5. The van der Waals surface area contributed by atoms with Crippen molar-refractivity contribution in [2.45, 2.75) is 18.6 Å². The monoisotopic (exact) mass is 281 g/mol. The number of aliphatic hydroxyl groups is 2. The molecule has 0 bridgehead atoms. The van der Waals surface area contributed by atoms with Gasteiger partial charge in [-0.1, -0.05) is 6.07 Å². The van der Waals surface area contributed by atoms with Crippen molar-refractivity contribution in [3.8, 4) is 0 Å². The average molecular weight is 281 g/mol. The predicted octanol–water partition coefficient (Wildman–Crippen LogP) is -0.769. The third kappa shape index (κ3) is 3.57. The maximum absolute atomic E-state index is 9.66. The van der Waals surface area contributed by atoms with Crippen LogP contribution < -0.4 is 16.1 Å². The summed E-state index contributed by atoms with van der Waals surface area (Å²) in [6.07, 6.45) is 0.152. The molecular weight excluding hydrogens is 258 g/mol. The summed E-state index contributed by atoms with van der Waals surface area (Å²) in [6, 6.07) is 5.61. The summed E-state index contributed by atoms with van der Waals surface area (Å²) < 4.78 is 0. The summed E-state index contributed by atoms with van der Waals surface area (Å²) in [6.45, 7) is 1.80. The van der Waals surface area contributed by atoms with E-state index >= 15 is 0 Å². The molecule has 1 aromatic rings. The molecule has 1 aromatic heterocycles. The van der Waals surface area contributed by atoms with Gasteiger partial charge in [0, 0.05) is 26.7 Å². The highest BCUT2D eigenvalue weighted by Gasteiger charge is 2.30. The van der Waals surface area contributed by atoms with Crippen molar-refractivity contribution in [1.82, 2.24) is 9.99 Å². The summed E-state index contributed by atoms with van der Waals surface area (Å²) in [7, 11) is 1.94. The van der Waals surface area contributed by atoms with Crippen molar-refractivity contribution in [1.29, 1.82) is 0 Å². The number of anilines is 2. The second-order valence-electron chi connectivity index (χ2n) is 5.08. The van der Waals surface area contributed by atoms with Gasteiger partial charge in [0.25, 0.3) is 0 Å². The van der Waals surface area contributed by atoms with Gasteiger partial charge in [-0.3, -0.25) is 0 Å². The molecule has 1 aliphatic heterocycles. The number of hydrogen-bond acceptors (Lipinski definition) is 7. The number of nitrogens with two attached hydrogens (primary N) is 1. The van der Waals surface area contributed by atoms with E-state index in [4.69, 9.17) is 5.73 Å². The summed E-state index contributed by atoms with van der Waals surface area (Å²) >= 11 is 0. The zero-order valence-corrected chi connectivity index (χ0v) is 11.7. The van der Waals surface area contributed by atoms with Crippen molar-refractivity contribution in [2.75, 3.05) is 43.6 Å². The Morgan fingerprint density at radius 1 is 1.55 bits per heavy atom. The molecule has 0 amide bonds. The van der Waals surface area contributed by atoms with Gasteiger partial charge >= 0.3 is 0 Å². The Labute approximate surface area is 119 Å². The molecule has 2 heterocycles. The summed E-state index contributed by atoms with van der Waals surface area (Å²) in [4.78, 5) is 6.48. The van der Waals surface area contributed by atoms with E-state index in [0.717, 1.165) is 12.4 Å². The van der Waals surface area contributed by atoms with Crippen LogP contribution in [0.1, 0.15) is 6.42 Å². The molecule has 2 atom stereocenters. The van der Waals surface area contributed by atoms with Crippen LogP contribution in [0.5, 0.6) is 0 Å². The van der Waals surface area contributed by atoms with Crippen LogP contribution in [-0.4, -0.2) is 65.6 Å². The van der Waals surface area contributed by atoms with Crippen LogP contribution in [-0.2, 0) is 0 Å². The van der Waals surface area contributed by atoms with Gasteiger partial charge in [-0.2, -0.15) is 0 Å². The third-order valence-corrected chi connectivity index (χ3v) is 3.45. The Bertz CT molecular complexity index is 431. The van der Waals surface area contributed by atoms with Gasteiger partial charge in [-0.05, 0) is 18.6 Å². The van der Waals surface area contributed by atoms with Crippen LogP contribution >= 0.6 is 0 Å². The molecule has 20 heavy (non-hydrogen) atoms. The molecule has 7 nitrogen and oxygen atoms in total. The molecule has 0 radical (unpaired) electrons. The lowest BCUT2D eigenvalue weighted by atomic mass is 10.2. The predicted molar refractivity (Wildman–Crippen MR) is 78.4 cm³/mol. The topological polar surface area (TPSA) is 97.9 Å². The molecule has 2 unspecified atom stereocenters. The number of likely N-dealkylation sites (N-methyl/N-ethyl adjacent to an activating group) is 1. The van der Waals surface area contributed by atoms with Gasteiger partial charge in [-0.15, -0.1) is 0 Å². The van der Waals surface area contributed by atoms with Crippen molar-refractivity contribution in [3.63, 3.8) is 0 Å². The van der Waals surface area contributed by atoms with E-state index in [-0.39, 0.29) is 12.6 Å². The molecule has 0 spiro atoms. The van der Waals surface area contributed by atoms with E-state index < -0.39 is 6.10 Å². The Morgan fingerprint density at radius 2 is 2.35 bits per heavy atom. The molecule has 7 heteroatoms. The Hall–Kier alpha value is -1.41. The van der Waals surface area contributed by atoms with Crippen LogP contribution in [0.4, 0.5) is 11.6 Å². The number of nitrogens with one attached hydrogen (secondary N) is 1. The summed E-state index contributed by atoms with van der Waals surface area (Å²) in [5, 5.41) is 20.8. The van der Waals surface area contributed by atoms with Gasteiger partial charge in [0.05, 0.1) is 18.8 Å². The van der Waals surface area contributed by atoms with E-state index in [2.05, 4.69) is 10.4 Å². The van der Waals surface area contributed by atoms with Gasteiger partial charge in [0.2, 0.25) is 0 Å². The first kappa shape index (κ1) is 15.0. The second kappa shape index (κ2) is 6.85. The van der Waals surface area contributed by atoms with Gasteiger partial charge in [0.15, 0.2) is 0 Å². The SMILES string of the molecule is CN(CCN)c1cccc(NN2CC(O)CC2CO)n1. The second-order valence-corrected chi connectivity index (χ2v) is 5.08. The van der Waals surface area contributed by atoms with E-state index in [0.29, 0.717) is 25.3 Å². The van der Waals surface area contributed by atoms with Crippen LogP contribution in [0.15, 0.2) is 18.2 Å². The fourth-order valence-corrected chi connectivity index (χ4v) is 2.36. The van der Waals surface area contributed by atoms with Crippen LogP contribution in [0.2, 0.25) is 0 Å². The number of aliphatic hydroxyl groups excluding tert-OH is 2. The smallest absolute Gasteiger partial charge is 0.142 e. The Kier molecular flexibility index (Phi) is 5.13. The minimum Gasteiger partial charge on any atom is -0.395 e. The lowest BCUT2D eigenvalue weighted by Crippen LogP contribution is -2.37. The fraction of sp³-hybridized carbons (Fsp3) is 0.615. The number of pyridine rings is 1. The first-order valence-corrected chi connectivity index (χ1v) is 6.84. The first-order chi connectivity index (χ1) is 9.63. The molecule has 0 aromatic carbocycles. The highest BCUT2D eigenvalue weighted by Crippen LogP contribution is 2.19. The maximum Gasteiger partial charge on any atom is 0.142 e. The standard InChI is InChI=1S/C13H23N5O2/c1-17(6-5-14)13-4-2-3-12(15-13)16-18-8-11(20)7-10(18)9-19/h2-4,10-11,19-20H,5-9,14H2,1H3,(H,15,16). The number of aromatic nitrogens is 1. The maximum atomic E-state index is 9.66. The van der Waals surface area contributed by atoms with E-state index in [1.54, 1.807) is 0 Å². The summed E-state index contributed by atoms with van der Waals surface area (Å²) in [5.74, 6) is 1.53. The van der Waals surface area contributed by atoms with Gasteiger partial charge in [0.1, 0.15) is 11.6 Å². The van der Waals surface area contributed by atoms with Crippen LogP contribution in [0.3, 0.4) is 0 Å². The fourth-order valence-electron chi connectivity index (χ4n) is 2.36. The minimum atomic E-state index is -0.414. The van der Waals surface area contributed by atoms with Crippen LogP contribution in [0.25, 0.3) is 0 Å².